The van der Waals surface area contributed by atoms with Gasteiger partial charge in [-0.15, -0.1) is 0 Å². The van der Waals surface area contributed by atoms with E-state index >= 15 is 0 Å². The highest BCUT2D eigenvalue weighted by atomic mass is 35.5. The Labute approximate surface area is 214 Å². The van der Waals surface area contributed by atoms with Gasteiger partial charge in [0.25, 0.3) is 0 Å². The lowest BCUT2D eigenvalue weighted by molar-refractivity contribution is 0.0993. The van der Waals surface area contributed by atoms with Gasteiger partial charge in [-0.2, -0.15) is 0 Å². The minimum Gasteiger partial charge on any atom is -0.356 e. The molecule has 3 aromatic rings. The molecule has 1 N–H and O–H groups in total. The molecule has 0 unspecified atom stereocenters. The average molecular weight is 504 g/mol. The van der Waals surface area contributed by atoms with Gasteiger partial charge in [-0.1, -0.05) is 35.9 Å². The molecule has 2 aliphatic heterocycles. The van der Waals surface area contributed by atoms with E-state index in [4.69, 9.17) is 21.6 Å². The molecule has 2 aliphatic rings. The zero-order chi connectivity index (χ0) is 24.4. The van der Waals surface area contributed by atoms with E-state index in [1.807, 2.05) is 55.5 Å². The zero-order valence-corrected chi connectivity index (χ0v) is 21.3. The fraction of sp³-hybridized carbons (Fsp3) is 0.259. The zero-order valence-electron chi connectivity index (χ0n) is 19.7. The Morgan fingerprint density at radius 2 is 1.91 bits per heavy atom. The van der Waals surface area contributed by atoms with Crippen molar-refractivity contribution >= 4 is 46.6 Å². The second-order valence-corrected chi connectivity index (χ2v) is 10.3. The molecule has 0 saturated carbocycles. The van der Waals surface area contributed by atoms with Crippen LogP contribution in [0.4, 0.5) is 11.6 Å². The van der Waals surface area contributed by atoms with E-state index in [0.717, 1.165) is 53.1 Å². The van der Waals surface area contributed by atoms with E-state index in [-0.39, 0.29) is 5.78 Å². The van der Waals surface area contributed by atoms with Crippen LogP contribution in [0.5, 0.6) is 0 Å². The fourth-order valence-corrected chi connectivity index (χ4v) is 4.89. The molecular formula is C27H26ClN5OS. The minimum absolute atomic E-state index is 0.0134. The van der Waals surface area contributed by atoms with Crippen molar-refractivity contribution in [2.75, 3.05) is 29.9 Å². The molecule has 5 rings (SSSR count). The third-order valence-corrected chi connectivity index (χ3v) is 7.37. The van der Waals surface area contributed by atoms with Crippen molar-refractivity contribution in [3.05, 3.63) is 81.9 Å². The van der Waals surface area contributed by atoms with Crippen molar-refractivity contribution in [2.24, 2.45) is 4.99 Å². The molecule has 0 aliphatic carbocycles. The Balaban J connectivity index is 1.30. The first-order valence-electron chi connectivity index (χ1n) is 11.6. The Hall–Kier alpha value is -3.16. The molecule has 8 heteroatoms. The van der Waals surface area contributed by atoms with Crippen molar-refractivity contribution in [3.8, 4) is 0 Å². The van der Waals surface area contributed by atoms with Crippen LogP contribution < -0.4 is 10.2 Å². The van der Waals surface area contributed by atoms with Crippen molar-refractivity contribution in [3.63, 3.8) is 0 Å². The number of hydrogen-bond donors (Lipinski definition) is 1. The van der Waals surface area contributed by atoms with Crippen LogP contribution >= 0.6 is 23.4 Å². The molecule has 1 saturated heterocycles. The summed E-state index contributed by atoms with van der Waals surface area (Å²) in [6.07, 6.45) is 3.53. The maximum absolute atomic E-state index is 12.8. The molecule has 1 aromatic heterocycles. The Morgan fingerprint density at radius 1 is 1.11 bits per heavy atom. The van der Waals surface area contributed by atoms with E-state index < -0.39 is 0 Å². The number of ketones is 1. The van der Waals surface area contributed by atoms with Gasteiger partial charge in [0.2, 0.25) is 0 Å². The second kappa shape index (κ2) is 10.2. The lowest BCUT2D eigenvalue weighted by Gasteiger charge is -2.32. The average Bonchev–Trinajstić information content (AvgIpc) is 3.20. The predicted octanol–water partition coefficient (Wildman–Crippen LogP) is 6.00. The number of nitrogens with one attached hydrogen (secondary N) is 1. The van der Waals surface area contributed by atoms with Crippen LogP contribution in [0, 0.1) is 6.92 Å². The summed E-state index contributed by atoms with van der Waals surface area (Å²) in [5, 5.41) is 4.53. The Kier molecular flexibility index (Phi) is 6.88. The summed E-state index contributed by atoms with van der Waals surface area (Å²) in [5.41, 5.74) is 3.64. The maximum Gasteiger partial charge on any atom is 0.196 e. The number of rotatable bonds is 7. The van der Waals surface area contributed by atoms with Gasteiger partial charge in [-0.05, 0) is 73.0 Å². The highest BCUT2D eigenvalue weighted by molar-refractivity contribution is 7.99. The third kappa shape index (κ3) is 5.57. The van der Waals surface area contributed by atoms with E-state index in [0.29, 0.717) is 22.2 Å². The molecule has 2 aromatic carbocycles. The van der Waals surface area contributed by atoms with Gasteiger partial charge in [0, 0.05) is 36.0 Å². The number of aliphatic imine (C=N–C) groups is 1. The second-order valence-electron chi connectivity index (χ2n) is 8.83. The number of carbonyl (C=O) groups excluding carboxylic acids is 1. The SMILES string of the molecule is CC1=CC(Nc2cc(N3CCC3)nc(Sc3ccc(CC(=O)c4cccc(C)c4Cl)cc3)n2)=NC1. The standard InChI is InChI=1S/C27H26ClN5OS/c1-17-13-23(29-16-17)30-24-15-25(33-11-4-12-33)32-27(31-24)35-20-9-7-19(8-10-20)14-22(34)21-6-3-5-18(2)26(21)28/h3,5-10,13,15H,4,11-12,14,16H2,1-2H3,(H,29,30,31,32). The fourth-order valence-electron chi connectivity index (χ4n) is 3.90. The number of aryl methyl sites for hydroxylation is 1. The van der Waals surface area contributed by atoms with Crippen molar-refractivity contribution in [2.45, 2.75) is 36.7 Å². The van der Waals surface area contributed by atoms with Crippen molar-refractivity contribution in [1.29, 1.82) is 0 Å². The van der Waals surface area contributed by atoms with Crippen LogP contribution in [0.2, 0.25) is 5.02 Å². The van der Waals surface area contributed by atoms with Gasteiger partial charge in [0.05, 0.1) is 11.6 Å². The van der Waals surface area contributed by atoms with E-state index in [1.165, 1.54) is 23.8 Å². The minimum atomic E-state index is 0.0134. The summed E-state index contributed by atoms with van der Waals surface area (Å²) < 4.78 is 0. The summed E-state index contributed by atoms with van der Waals surface area (Å²) in [6.45, 7) is 6.71. The first-order chi connectivity index (χ1) is 16.9. The number of anilines is 2. The van der Waals surface area contributed by atoms with Gasteiger partial charge in [-0.3, -0.25) is 9.79 Å². The number of nitrogens with zero attached hydrogens (tertiary/aromatic N) is 4. The van der Waals surface area contributed by atoms with Crippen molar-refractivity contribution < 1.29 is 4.79 Å². The third-order valence-electron chi connectivity index (χ3n) is 6.00. The van der Waals surface area contributed by atoms with Crippen LogP contribution in [0.1, 0.15) is 34.8 Å². The summed E-state index contributed by atoms with van der Waals surface area (Å²) in [5.74, 6) is 2.51. The number of aromatic nitrogens is 2. The molecule has 0 bridgehead atoms. The monoisotopic (exact) mass is 503 g/mol. The van der Waals surface area contributed by atoms with E-state index in [1.54, 1.807) is 6.07 Å². The van der Waals surface area contributed by atoms with Gasteiger partial charge in [-0.25, -0.2) is 9.97 Å². The Bertz CT molecular complexity index is 1330. The molecule has 0 amide bonds. The number of halogens is 1. The predicted molar refractivity (Wildman–Crippen MR) is 143 cm³/mol. The van der Waals surface area contributed by atoms with Crippen LogP contribution in [0.25, 0.3) is 0 Å². The van der Waals surface area contributed by atoms with Crippen LogP contribution in [0.15, 0.2) is 75.2 Å². The van der Waals surface area contributed by atoms with Gasteiger partial charge < -0.3 is 10.2 Å². The lowest BCUT2D eigenvalue weighted by atomic mass is 10.0. The molecule has 6 nitrogen and oxygen atoms in total. The molecule has 0 radical (unpaired) electrons. The number of carbonyl (C=O) groups is 1. The first kappa shape index (κ1) is 23.6. The van der Waals surface area contributed by atoms with Gasteiger partial charge in [0.15, 0.2) is 10.9 Å². The first-order valence-corrected chi connectivity index (χ1v) is 12.8. The molecule has 0 atom stereocenters. The number of amidine groups is 1. The summed E-state index contributed by atoms with van der Waals surface area (Å²) in [4.78, 5) is 30.0. The largest absolute Gasteiger partial charge is 0.356 e. The summed E-state index contributed by atoms with van der Waals surface area (Å²) >= 11 is 7.84. The lowest BCUT2D eigenvalue weighted by Crippen LogP contribution is -2.37. The van der Waals surface area contributed by atoms with Gasteiger partial charge >= 0.3 is 0 Å². The Morgan fingerprint density at radius 3 is 2.60 bits per heavy atom. The van der Waals surface area contributed by atoms with E-state index in [2.05, 4.69) is 22.1 Å². The van der Waals surface area contributed by atoms with E-state index in [9.17, 15) is 4.79 Å². The molecule has 35 heavy (non-hydrogen) atoms. The number of benzene rings is 2. The smallest absolute Gasteiger partial charge is 0.196 e. The molecule has 1 fully saturated rings. The summed E-state index contributed by atoms with van der Waals surface area (Å²) in [6, 6.07) is 15.5. The van der Waals surface area contributed by atoms with Crippen LogP contribution in [0.3, 0.4) is 0 Å². The normalized spacial score (nSPS) is 14.9. The maximum atomic E-state index is 12.8. The molecule has 0 spiro atoms. The molecule has 3 heterocycles. The number of hydrogen-bond acceptors (Lipinski definition) is 7. The van der Waals surface area contributed by atoms with Crippen LogP contribution in [-0.4, -0.2) is 41.2 Å². The molecular weight excluding hydrogens is 478 g/mol. The quantitative estimate of drug-likeness (QED) is 0.315. The highest BCUT2D eigenvalue weighted by Gasteiger charge is 2.19. The number of Topliss-reactive ketones (excluding diaryl/α,β-unsaturated/α-hetero) is 1. The topological polar surface area (TPSA) is 70.5 Å². The summed E-state index contributed by atoms with van der Waals surface area (Å²) in [7, 11) is 0. The van der Waals surface area contributed by atoms with Crippen molar-refractivity contribution in [1.82, 2.24) is 9.97 Å². The highest BCUT2D eigenvalue weighted by Crippen LogP contribution is 2.30. The van der Waals surface area contributed by atoms with Crippen LogP contribution in [-0.2, 0) is 6.42 Å². The van der Waals surface area contributed by atoms with Gasteiger partial charge in [0.1, 0.15) is 17.5 Å². The molecule has 178 valence electrons.